The summed E-state index contributed by atoms with van der Waals surface area (Å²) in [7, 11) is 1.76. The molecule has 0 bridgehead atoms. The molecule has 26 heavy (non-hydrogen) atoms. The summed E-state index contributed by atoms with van der Waals surface area (Å²) in [6.45, 7) is 2.83. The number of nitrogens with zero attached hydrogens (tertiary/aromatic N) is 4. The number of fused-ring (bicyclic) bond motifs is 1. The molecule has 1 fully saturated rings. The van der Waals surface area contributed by atoms with Gasteiger partial charge in [0, 0.05) is 25.6 Å². The van der Waals surface area contributed by atoms with E-state index in [0.717, 1.165) is 49.0 Å². The summed E-state index contributed by atoms with van der Waals surface area (Å²) >= 11 is 0. The van der Waals surface area contributed by atoms with E-state index in [1.54, 1.807) is 13.1 Å². The van der Waals surface area contributed by atoms with Crippen LogP contribution in [0.1, 0.15) is 48.4 Å². The predicted octanol–water partition coefficient (Wildman–Crippen LogP) is 2.90. The summed E-state index contributed by atoms with van der Waals surface area (Å²) in [6.07, 6.45) is 2.98. The van der Waals surface area contributed by atoms with Crippen molar-refractivity contribution in [3.8, 4) is 0 Å². The van der Waals surface area contributed by atoms with Crippen molar-refractivity contribution in [2.45, 2.75) is 50.7 Å². The fraction of sp³-hybridized carbons (Fsp3) is 0.500. The van der Waals surface area contributed by atoms with Crippen LogP contribution in [0.25, 0.3) is 0 Å². The summed E-state index contributed by atoms with van der Waals surface area (Å²) in [5.41, 5.74) is 0.781. The van der Waals surface area contributed by atoms with Crippen LogP contribution in [0.3, 0.4) is 0 Å². The average molecular weight is 470 g/mol. The Balaban J connectivity index is 0.00000196. The highest BCUT2D eigenvalue weighted by Crippen LogP contribution is 2.41. The third kappa shape index (κ3) is 3.84. The minimum absolute atomic E-state index is 0. The van der Waals surface area contributed by atoms with Gasteiger partial charge in [0.05, 0.1) is 6.04 Å². The zero-order chi connectivity index (χ0) is 17.4. The van der Waals surface area contributed by atoms with E-state index in [9.17, 15) is 4.39 Å². The highest BCUT2D eigenvalue weighted by molar-refractivity contribution is 14.0. The molecule has 0 spiro atoms. The molecule has 3 atom stereocenters. The van der Waals surface area contributed by atoms with Crippen molar-refractivity contribution in [2.75, 3.05) is 7.05 Å². The largest absolute Gasteiger partial charge is 0.353 e. The van der Waals surface area contributed by atoms with Crippen LogP contribution in [0.5, 0.6) is 0 Å². The molecule has 8 heteroatoms. The van der Waals surface area contributed by atoms with Gasteiger partial charge in [-0.15, -0.1) is 24.0 Å². The van der Waals surface area contributed by atoms with Crippen LogP contribution in [0.15, 0.2) is 29.3 Å². The monoisotopic (exact) mass is 470 g/mol. The Morgan fingerprint density at radius 2 is 2.12 bits per heavy atom. The molecule has 2 N–H and O–H groups in total. The van der Waals surface area contributed by atoms with Gasteiger partial charge in [0.25, 0.3) is 0 Å². The van der Waals surface area contributed by atoms with Crippen LogP contribution >= 0.6 is 24.0 Å². The second-order valence-corrected chi connectivity index (χ2v) is 6.77. The van der Waals surface area contributed by atoms with Gasteiger partial charge in [-0.2, -0.15) is 5.10 Å². The fourth-order valence-electron chi connectivity index (χ4n) is 3.59. The molecular weight excluding hydrogens is 446 g/mol. The summed E-state index contributed by atoms with van der Waals surface area (Å²) in [5, 5.41) is 11.3. The molecule has 1 aliphatic heterocycles. The Bertz CT molecular complexity index is 805. The number of hydrogen-bond donors (Lipinski definition) is 2. The molecule has 3 unspecified atom stereocenters. The van der Waals surface area contributed by atoms with Gasteiger partial charge in [0.2, 0.25) is 0 Å². The molecule has 0 saturated heterocycles. The van der Waals surface area contributed by atoms with Gasteiger partial charge < -0.3 is 10.6 Å². The minimum Gasteiger partial charge on any atom is -0.353 e. The van der Waals surface area contributed by atoms with E-state index in [2.05, 4.69) is 25.7 Å². The molecule has 1 saturated carbocycles. The van der Waals surface area contributed by atoms with Gasteiger partial charge in [-0.25, -0.2) is 14.1 Å². The summed E-state index contributed by atoms with van der Waals surface area (Å²) in [5.74, 6) is 2.58. The maximum Gasteiger partial charge on any atom is 0.191 e. The molecule has 1 aromatic carbocycles. The Morgan fingerprint density at radius 1 is 1.31 bits per heavy atom. The van der Waals surface area contributed by atoms with Crippen molar-refractivity contribution >= 4 is 29.9 Å². The van der Waals surface area contributed by atoms with Gasteiger partial charge in [0.15, 0.2) is 5.96 Å². The van der Waals surface area contributed by atoms with E-state index in [4.69, 9.17) is 0 Å². The summed E-state index contributed by atoms with van der Waals surface area (Å²) in [4.78, 5) is 8.88. The number of guanidine groups is 1. The lowest BCUT2D eigenvalue weighted by Gasteiger charge is -2.25. The van der Waals surface area contributed by atoms with Gasteiger partial charge in [-0.1, -0.05) is 18.2 Å². The first-order valence-electron chi connectivity index (χ1n) is 8.81. The van der Waals surface area contributed by atoms with Gasteiger partial charge >= 0.3 is 0 Å². The molecule has 1 aromatic heterocycles. The SMILES string of the molecule is CN=C(NC1CCCn2nc(C)nc21)NC1CC1c1ccccc1F.I. The number of aliphatic imine (C=N–C) groups is 1. The lowest BCUT2D eigenvalue weighted by atomic mass is 10.1. The molecule has 2 aromatic rings. The topological polar surface area (TPSA) is 67.1 Å². The standard InChI is InChI=1S/C18H23FN6.HI/c1-11-21-17-15(8-5-9-25(17)24-11)22-18(20-2)23-16-10-13(16)12-6-3-4-7-14(12)19;/h3-4,6-7,13,15-16H,5,8-10H2,1-2H3,(H2,20,22,23);1H. The second kappa shape index (κ2) is 7.89. The first kappa shape index (κ1) is 19.1. The Hall–Kier alpha value is -1.71. The Labute approximate surface area is 169 Å². The van der Waals surface area contributed by atoms with Crippen molar-refractivity contribution in [2.24, 2.45) is 4.99 Å². The minimum atomic E-state index is -0.129. The molecule has 0 radical (unpaired) electrons. The predicted molar refractivity (Wildman–Crippen MR) is 109 cm³/mol. The molecule has 1 aliphatic carbocycles. The Morgan fingerprint density at radius 3 is 2.88 bits per heavy atom. The molecule has 4 rings (SSSR count). The number of aryl methyl sites for hydroxylation is 2. The molecule has 140 valence electrons. The second-order valence-electron chi connectivity index (χ2n) is 6.77. The van der Waals surface area contributed by atoms with Crippen LogP contribution in [-0.2, 0) is 6.54 Å². The molecule has 2 aliphatic rings. The maximum atomic E-state index is 13.9. The highest BCUT2D eigenvalue weighted by Gasteiger charge is 2.40. The third-order valence-corrected chi connectivity index (χ3v) is 4.93. The number of rotatable bonds is 3. The quantitative estimate of drug-likeness (QED) is 0.412. The van der Waals surface area contributed by atoms with Crippen LogP contribution in [0.4, 0.5) is 4.39 Å². The number of benzene rings is 1. The van der Waals surface area contributed by atoms with E-state index in [-0.39, 0.29) is 47.8 Å². The lowest BCUT2D eigenvalue weighted by Crippen LogP contribution is -2.42. The van der Waals surface area contributed by atoms with Crippen LogP contribution < -0.4 is 10.6 Å². The van der Waals surface area contributed by atoms with Crippen molar-refractivity contribution in [3.63, 3.8) is 0 Å². The molecule has 2 heterocycles. The number of aromatic nitrogens is 3. The van der Waals surface area contributed by atoms with Crippen LogP contribution in [0, 0.1) is 12.7 Å². The fourth-order valence-corrected chi connectivity index (χ4v) is 3.59. The molecular formula is C18H24FIN6. The van der Waals surface area contributed by atoms with Crippen molar-refractivity contribution < 1.29 is 4.39 Å². The van der Waals surface area contributed by atoms with Gasteiger partial charge in [-0.3, -0.25) is 4.99 Å². The van der Waals surface area contributed by atoms with E-state index >= 15 is 0 Å². The zero-order valence-corrected chi connectivity index (χ0v) is 17.3. The lowest BCUT2D eigenvalue weighted by molar-refractivity contribution is 0.397. The van der Waals surface area contributed by atoms with Crippen molar-refractivity contribution in [1.29, 1.82) is 0 Å². The molecule has 6 nitrogen and oxygen atoms in total. The Kier molecular flexibility index (Phi) is 5.79. The van der Waals surface area contributed by atoms with Crippen molar-refractivity contribution in [1.82, 2.24) is 25.4 Å². The first-order valence-corrected chi connectivity index (χ1v) is 8.81. The molecule has 0 amide bonds. The van der Waals surface area contributed by atoms with E-state index in [1.807, 2.05) is 23.7 Å². The average Bonchev–Trinajstić information content (AvgIpc) is 3.25. The maximum absolute atomic E-state index is 13.9. The normalized spacial score (nSPS) is 24.4. The summed E-state index contributed by atoms with van der Waals surface area (Å²) in [6, 6.07) is 7.32. The third-order valence-electron chi connectivity index (χ3n) is 4.93. The van der Waals surface area contributed by atoms with E-state index in [1.165, 1.54) is 6.07 Å². The van der Waals surface area contributed by atoms with Gasteiger partial charge in [-0.05, 0) is 37.8 Å². The van der Waals surface area contributed by atoms with E-state index < -0.39 is 0 Å². The summed E-state index contributed by atoms with van der Waals surface area (Å²) < 4.78 is 15.9. The number of halogens is 2. The highest BCUT2D eigenvalue weighted by atomic mass is 127. The smallest absolute Gasteiger partial charge is 0.191 e. The zero-order valence-electron chi connectivity index (χ0n) is 14.9. The number of hydrogen-bond acceptors (Lipinski definition) is 3. The van der Waals surface area contributed by atoms with Crippen molar-refractivity contribution in [3.05, 3.63) is 47.3 Å². The van der Waals surface area contributed by atoms with Crippen LogP contribution in [-0.4, -0.2) is 33.8 Å². The van der Waals surface area contributed by atoms with Gasteiger partial charge in [0.1, 0.15) is 17.5 Å². The van der Waals surface area contributed by atoms with E-state index in [0.29, 0.717) is 0 Å². The number of nitrogens with one attached hydrogen (secondary N) is 2. The van der Waals surface area contributed by atoms with Crippen LogP contribution in [0.2, 0.25) is 0 Å². The first-order chi connectivity index (χ1) is 12.2.